The van der Waals surface area contributed by atoms with Gasteiger partial charge in [-0.3, -0.25) is 9.36 Å². The van der Waals surface area contributed by atoms with Crippen LogP contribution in [0.25, 0.3) is 11.1 Å². The molecule has 0 spiro atoms. The number of aryl methyl sites for hydroxylation is 1. The van der Waals surface area contributed by atoms with E-state index >= 15 is 0 Å². The minimum atomic E-state index is -0.470. The molecule has 1 aromatic heterocycles. The summed E-state index contributed by atoms with van der Waals surface area (Å²) in [5.74, 6) is -0.907. The zero-order valence-corrected chi connectivity index (χ0v) is 15.2. The predicted molar refractivity (Wildman–Crippen MR) is 99.2 cm³/mol. The van der Waals surface area contributed by atoms with Crippen molar-refractivity contribution < 1.29 is 18.3 Å². The van der Waals surface area contributed by atoms with Crippen LogP contribution in [0, 0.1) is 5.82 Å². The minimum absolute atomic E-state index is 0.162. The number of amides is 1. The van der Waals surface area contributed by atoms with Crippen molar-refractivity contribution in [3.05, 3.63) is 64.4 Å². The van der Waals surface area contributed by atoms with Gasteiger partial charge in [-0.15, -0.1) is 0 Å². The third-order valence-corrected chi connectivity index (χ3v) is 4.41. The molecular weight excluding hydrogens is 351 g/mol. The van der Waals surface area contributed by atoms with Crippen LogP contribution in [0.2, 0.25) is 0 Å². The fourth-order valence-electron chi connectivity index (χ4n) is 2.97. The van der Waals surface area contributed by atoms with Gasteiger partial charge in [0.25, 0.3) is 0 Å². The van der Waals surface area contributed by atoms with Crippen LogP contribution in [0.15, 0.2) is 51.7 Å². The molecule has 0 unspecified atom stereocenters. The quantitative estimate of drug-likeness (QED) is 0.690. The number of aromatic nitrogens is 1. The van der Waals surface area contributed by atoms with Crippen molar-refractivity contribution in [3.8, 4) is 5.75 Å². The average Bonchev–Trinajstić information content (AvgIpc) is 2.97. The third-order valence-electron chi connectivity index (χ3n) is 4.41. The number of carbonyl (C=O) groups excluding carboxylic acids is 1. The normalized spacial score (nSPS) is 12.1. The number of methoxy groups -OCH3 is 1. The molecule has 6 nitrogen and oxygen atoms in total. The van der Waals surface area contributed by atoms with Gasteiger partial charge >= 0.3 is 5.76 Å². The summed E-state index contributed by atoms with van der Waals surface area (Å²) in [5, 5.41) is 2.84. The number of ether oxygens (including phenoxy) is 1. The highest BCUT2D eigenvalue weighted by atomic mass is 19.1. The summed E-state index contributed by atoms with van der Waals surface area (Å²) < 4.78 is 25.4. The first-order valence-electron chi connectivity index (χ1n) is 8.70. The van der Waals surface area contributed by atoms with E-state index in [4.69, 9.17) is 9.15 Å². The number of oxazole rings is 1. The predicted octanol–water partition coefficient (Wildman–Crippen LogP) is 3.40. The van der Waals surface area contributed by atoms with E-state index in [0.29, 0.717) is 29.6 Å². The van der Waals surface area contributed by atoms with Gasteiger partial charge in [0.15, 0.2) is 17.1 Å². The summed E-state index contributed by atoms with van der Waals surface area (Å²) in [4.78, 5) is 24.1. The number of halogens is 1. The van der Waals surface area contributed by atoms with Crippen LogP contribution in [-0.2, 0) is 11.3 Å². The zero-order chi connectivity index (χ0) is 19.4. The van der Waals surface area contributed by atoms with E-state index in [0.717, 1.165) is 0 Å². The van der Waals surface area contributed by atoms with Gasteiger partial charge in [0, 0.05) is 13.0 Å². The Kier molecular flexibility index (Phi) is 5.59. The molecule has 0 aliphatic rings. The number of rotatable bonds is 7. The van der Waals surface area contributed by atoms with Crippen molar-refractivity contribution in [2.75, 3.05) is 7.11 Å². The number of hydrogen-bond donors (Lipinski definition) is 1. The number of fused-ring (bicyclic) bond motifs is 1. The van der Waals surface area contributed by atoms with Crippen LogP contribution < -0.4 is 15.8 Å². The zero-order valence-electron chi connectivity index (χ0n) is 15.2. The highest BCUT2D eigenvalue weighted by molar-refractivity contribution is 5.76. The van der Waals surface area contributed by atoms with E-state index in [1.54, 1.807) is 31.2 Å². The van der Waals surface area contributed by atoms with E-state index < -0.39 is 11.6 Å². The van der Waals surface area contributed by atoms with E-state index in [9.17, 15) is 14.0 Å². The lowest BCUT2D eigenvalue weighted by molar-refractivity contribution is -0.121. The Morgan fingerprint density at radius 1 is 1.30 bits per heavy atom. The molecule has 2 aromatic carbocycles. The topological polar surface area (TPSA) is 73.5 Å². The molecule has 27 heavy (non-hydrogen) atoms. The molecule has 0 fully saturated rings. The number of para-hydroxylation sites is 2. The van der Waals surface area contributed by atoms with Crippen LogP contribution in [0.4, 0.5) is 4.39 Å². The number of nitrogens with zero attached hydrogens (tertiary/aromatic N) is 1. The highest BCUT2D eigenvalue weighted by Crippen LogP contribution is 2.21. The number of benzene rings is 2. The summed E-state index contributed by atoms with van der Waals surface area (Å²) in [7, 11) is 1.40. The van der Waals surface area contributed by atoms with E-state index in [1.165, 1.54) is 23.8 Å². The van der Waals surface area contributed by atoms with E-state index in [1.807, 2.05) is 6.07 Å². The Morgan fingerprint density at radius 2 is 2.07 bits per heavy atom. The van der Waals surface area contributed by atoms with Gasteiger partial charge < -0.3 is 14.5 Å². The van der Waals surface area contributed by atoms with Crippen molar-refractivity contribution >= 4 is 17.0 Å². The van der Waals surface area contributed by atoms with Gasteiger partial charge in [-0.2, -0.15) is 0 Å². The maximum atomic E-state index is 13.8. The Labute approximate surface area is 155 Å². The first-order chi connectivity index (χ1) is 13.0. The second-order valence-corrected chi connectivity index (χ2v) is 6.27. The first kappa shape index (κ1) is 18.7. The number of nitrogens with one attached hydrogen (secondary N) is 1. The number of carbonyl (C=O) groups is 1. The maximum Gasteiger partial charge on any atom is 0.419 e. The van der Waals surface area contributed by atoms with Crippen molar-refractivity contribution in [2.45, 2.75) is 32.4 Å². The summed E-state index contributed by atoms with van der Waals surface area (Å²) in [6, 6.07) is 11.4. The molecule has 0 bridgehead atoms. The third kappa shape index (κ3) is 4.19. The molecule has 1 N–H and O–H groups in total. The van der Waals surface area contributed by atoms with Gasteiger partial charge in [0.1, 0.15) is 0 Å². The van der Waals surface area contributed by atoms with Gasteiger partial charge in [-0.25, -0.2) is 9.18 Å². The van der Waals surface area contributed by atoms with Crippen LogP contribution >= 0.6 is 0 Å². The summed E-state index contributed by atoms with van der Waals surface area (Å²) in [5.41, 5.74) is 1.89. The molecule has 3 aromatic rings. The van der Waals surface area contributed by atoms with Gasteiger partial charge in [0.05, 0.1) is 18.7 Å². The molecule has 3 rings (SSSR count). The Bertz CT molecular complexity index is 1010. The molecule has 7 heteroatoms. The summed E-state index contributed by atoms with van der Waals surface area (Å²) in [6.45, 7) is 2.17. The molecule has 0 saturated heterocycles. The molecular formula is C20H21FN2O4. The molecule has 0 saturated carbocycles. The fraction of sp³-hybridized carbons (Fsp3) is 0.300. The SMILES string of the molecule is COc1ccc([C@@H](C)NC(=O)CCCn2c(=O)oc3ccccc32)cc1F. The van der Waals surface area contributed by atoms with Crippen LogP contribution in [-0.4, -0.2) is 17.6 Å². The molecule has 1 heterocycles. The Balaban J connectivity index is 1.55. The Morgan fingerprint density at radius 3 is 2.81 bits per heavy atom. The molecule has 0 radical (unpaired) electrons. The second kappa shape index (κ2) is 8.07. The van der Waals surface area contributed by atoms with E-state index in [2.05, 4.69) is 5.32 Å². The lowest BCUT2D eigenvalue weighted by atomic mass is 10.1. The summed E-state index contributed by atoms with van der Waals surface area (Å²) >= 11 is 0. The smallest absolute Gasteiger partial charge is 0.419 e. The van der Waals surface area contributed by atoms with E-state index in [-0.39, 0.29) is 24.1 Å². The van der Waals surface area contributed by atoms with Crippen LogP contribution in [0.3, 0.4) is 0 Å². The molecule has 0 aliphatic heterocycles. The fourth-order valence-corrected chi connectivity index (χ4v) is 2.97. The molecule has 0 aliphatic carbocycles. The maximum absolute atomic E-state index is 13.8. The van der Waals surface area contributed by atoms with Crippen molar-refractivity contribution in [1.82, 2.24) is 9.88 Å². The highest BCUT2D eigenvalue weighted by Gasteiger charge is 2.13. The monoisotopic (exact) mass is 372 g/mol. The van der Waals surface area contributed by atoms with Gasteiger partial charge in [-0.05, 0) is 43.2 Å². The minimum Gasteiger partial charge on any atom is -0.494 e. The van der Waals surface area contributed by atoms with Crippen molar-refractivity contribution in [1.29, 1.82) is 0 Å². The molecule has 142 valence electrons. The van der Waals surface area contributed by atoms with Gasteiger partial charge in [-0.1, -0.05) is 18.2 Å². The van der Waals surface area contributed by atoms with Crippen molar-refractivity contribution in [2.24, 2.45) is 0 Å². The average molecular weight is 372 g/mol. The Hall–Kier alpha value is -3.09. The lowest BCUT2D eigenvalue weighted by Gasteiger charge is -2.15. The van der Waals surface area contributed by atoms with Crippen LogP contribution in [0.5, 0.6) is 5.75 Å². The summed E-state index contributed by atoms with van der Waals surface area (Å²) in [6.07, 6.45) is 0.730. The molecule has 1 atom stereocenters. The second-order valence-electron chi connectivity index (χ2n) is 6.27. The first-order valence-corrected chi connectivity index (χ1v) is 8.70. The largest absolute Gasteiger partial charge is 0.494 e. The number of hydrogen-bond acceptors (Lipinski definition) is 4. The van der Waals surface area contributed by atoms with Gasteiger partial charge in [0.2, 0.25) is 5.91 Å². The molecule has 1 amide bonds. The lowest BCUT2D eigenvalue weighted by Crippen LogP contribution is -2.27. The van der Waals surface area contributed by atoms with Crippen molar-refractivity contribution in [3.63, 3.8) is 0 Å². The standard InChI is InChI=1S/C20H21FN2O4/c1-13(14-9-10-17(26-2)15(21)12-14)22-19(24)8-5-11-23-16-6-3-4-7-18(16)27-20(23)25/h3-4,6-7,9-10,12-13H,5,8,11H2,1-2H3,(H,22,24)/t13-/m1/s1. The van der Waals surface area contributed by atoms with Crippen LogP contribution in [0.1, 0.15) is 31.4 Å².